The van der Waals surface area contributed by atoms with Crippen molar-refractivity contribution in [3.63, 3.8) is 0 Å². The van der Waals surface area contributed by atoms with Crippen LogP contribution in [0.15, 0.2) is 146 Å². The molecule has 0 unspecified atom stereocenters. The van der Waals surface area contributed by atoms with Crippen molar-refractivity contribution in [3.8, 4) is 56.3 Å². The molecule has 5 aromatic carbocycles. The molecule has 0 aliphatic carbocycles. The van der Waals surface area contributed by atoms with E-state index in [4.69, 9.17) is 9.97 Å². The summed E-state index contributed by atoms with van der Waals surface area (Å²) >= 11 is 0. The minimum Gasteiger partial charge on any atom is -0.507 e. The van der Waals surface area contributed by atoms with Gasteiger partial charge in [-0.25, -0.2) is 0 Å². The number of rotatable bonds is 5. The largest absolute Gasteiger partial charge is 0.507 e. The van der Waals surface area contributed by atoms with E-state index in [0.717, 1.165) is 50.4 Å². The first-order valence-electron chi connectivity index (χ1n) is 16.2. The Balaban J connectivity index is 0.00000378. The monoisotopic (exact) mass is 815 g/mol. The average Bonchev–Trinajstić information content (AvgIpc) is 3.46. The van der Waals surface area contributed by atoms with Crippen LogP contribution in [-0.4, -0.2) is 19.6 Å². The van der Waals surface area contributed by atoms with Crippen LogP contribution in [0.4, 0.5) is 0 Å². The number of aromatic hydroxyl groups is 1. The van der Waals surface area contributed by atoms with Gasteiger partial charge >= 0.3 is 0 Å². The average molecular weight is 816 g/mol. The summed E-state index contributed by atoms with van der Waals surface area (Å²) in [6.07, 6.45) is 1.87. The molecule has 5 heteroatoms. The normalized spacial score (nSPS) is 11.5. The van der Waals surface area contributed by atoms with E-state index in [1.165, 1.54) is 16.3 Å². The summed E-state index contributed by atoms with van der Waals surface area (Å²) in [5.41, 5.74) is 11.4. The summed E-state index contributed by atoms with van der Waals surface area (Å²) in [4.78, 5) is 9.83. The Morgan fingerprint density at radius 2 is 1.18 bits per heavy atom. The predicted octanol–water partition coefficient (Wildman–Crippen LogP) is 11.0. The third-order valence-corrected chi connectivity index (χ3v) is 9.01. The van der Waals surface area contributed by atoms with Gasteiger partial charge in [0.2, 0.25) is 0 Å². The summed E-state index contributed by atoms with van der Waals surface area (Å²) in [7, 11) is 0. The second kappa shape index (κ2) is 13.0. The van der Waals surface area contributed by atoms with Crippen LogP contribution in [0.5, 0.6) is 5.75 Å². The van der Waals surface area contributed by atoms with E-state index >= 15 is 0 Å². The van der Waals surface area contributed by atoms with Crippen molar-refractivity contribution in [2.45, 2.75) is 26.2 Å². The minimum atomic E-state index is 0. The van der Waals surface area contributed by atoms with Crippen molar-refractivity contribution < 1.29 is 26.2 Å². The van der Waals surface area contributed by atoms with Gasteiger partial charge in [0.05, 0.1) is 22.4 Å². The first-order valence-corrected chi connectivity index (χ1v) is 16.2. The molecule has 3 aromatic heterocycles. The summed E-state index contributed by atoms with van der Waals surface area (Å²) < 4.78 is 2.35. The van der Waals surface area contributed by atoms with E-state index in [2.05, 4.69) is 128 Å². The SMILES string of the molecule is CC(C)(C)c1ccnc(-c2[c-]c(-c3cc(-c4ccccc4-n4c5ccccc5c5ccccc54)cc(-c4ccccc4O)n3)ccc2)c1.[Pt]. The summed E-state index contributed by atoms with van der Waals surface area (Å²) in [5, 5.41) is 13.4. The zero-order valence-corrected chi connectivity index (χ0v) is 29.7. The molecule has 3 heterocycles. The summed E-state index contributed by atoms with van der Waals surface area (Å²) in [6, 6.07) is 51.2. The van der Waals surface area contributed by atoms with E-state index in [1.807, 2.05) is 42.6 Å². The molecular weight excluding hydrogens is 782 g/mol. The molecule has 0 saturated carbocycles. The first-order chi connectivity index (χ1) is 23.3. The van der Waals surface area contributed by atoms with Crippen LogP contribution in [0.2, 0.25) is 0 Å². The molecule has 0 aliphatic rings. The van der Waals surface area contributed by atoms with E-state index in [0.29, 0.717) is 11.3 Å². The first kappa shape index (κ1) is 32.2. The van der Waals surface area contributed by atoms with Crippen molar-refractivity contribution >= 4 is 21.8 Å². The number of nitrogens with zero attached hydrogens (tertiary/aromatic N) is 3. The number of para-hydroxylation sites is 4. The fraction of sp³-hybridized carbons (Fsp3) is 0.0909. The Hall–Kier alpha value is -5.31. The van der Waals surface area contributed by atoms with Gasteiger partial charge in [0.25, 0.3) is 0 Å². The molecule has 4 nitrogen and oxygen atoms in total. The van der Waals surface area contributed by atoms with Gasteiger partial charge in [0, 0.05) is 60.5 Å². The Bertz CT molecular complexity index is 2420. The molecule has 0 radical (unpaired) electrons. The molecule has 0 saturated heterocycles. The third-order valence-electron chi connectivity index (χ3n) is 9.01. The topological polar surface area (TPSA) is 50.9 Å². The van der Waals surface area contributed by atoms with Gasteiger partial charge in [0.1, 0.15) is 5.75 Å². The van der Waals surface area contributed by atoms with Crippen molar-refractivity contribution in [2.24, 2.45) is 0 Å². The number of aromatic nitrogens is 3. The number of fused-ring (bicyclic) bond motifs is 3. The van der Waals surface area contributed by atoms with Gasteiger partial charge in [-0.2, -0.15) is 0 Å². The van der Waals surface area contributed by atoms with Gasteiger partial charge in [-0.05, 0) is 59.0 Å². The Morgan fingerprint density at radius 1 is 0.592 bits per heavy atom. The van der Waals surface area contributed by atoms with Crippen molar-refractivity contribution in [3.05, 3.63) is 157 Å². The molecule has 8 rings (SSSR count). The number of hydrogen-bond acceptors (Lipinski definition) is 3. The molecular formula is C44H34N3OPt-. The van der Waals surface area contributed by atoms with Crippen LogP contribution in [0.25, 0.3) is 72.4 Å². The van der Waals surface area contributed by atoms with Gasteiger partial charge in [0.15, 0.2) is 0 Å². The Kier molecular flexibility index (Phi) is 8.52. The molecule has 0 amide bonds. The third kappa shape index (κ3) is 5.98. The number of hydrogen-bond donors (Lipinski definition) is 1. The standard InChI is InChI=1S/C44H34N3O.Pt/c1-44(2,3)32-23-24-45-37(28-32)29-13-12-14-30(25-29)38-26-31(27-39(46-38)36-18-7-11-22-43(36)48)33-15-4-8-19-40(33)47-41-20-9-5-16-34(41)35-17-6-10-21-42(35)47;/h4-24,26-28,48H,1-3H3;/q-1;. The van der Waals surface area contributed by atoms with Crippen LogP contribution in [-0.2, 0) is 26.5 Å². The molecule has 8 aromatic rings. The molecule has 0 fully saturated rings. The summed E-state index contributed by atoms with van der Waals surface area (Å²) in [6.45, 7) is 6.62. The van der Waals surface area contributed by atoms with Crippen LogP contribution in [0.1, 0.15) is 26.3 Å². The molecule has 0 atom stereocenters. The predicted molar refractivity (Wildman–Crippen MR) is 197 cm³/mol. The van der Waals surface area contributed by atoms with Crippen LogP contribution in [0, 0.1) is 6.07 Å². The van der Waals surface area contributed by atoms with Gasteiger partial charge in [-0.15, -0.1) is 24.3 Å². The van der Waals surface area contributed by atoms with Gasteiger partial charge in [-0.1, -0.05) is 111 Å². The van der Waals surface area contributed by atoms with E-state index in [1.54, 1.807) is 6.07 Å². The molecule has 0 aliphatic heterocycles. The van der Waals surface area contributed by atoms with Gasteiger partial charge < -0.3 is 9.67 Å². The van der Waals surface area contributed by atoms with E-state index in [9.17, 15) is 5.11 Å². The van der Waals surface area contributed by atoms with Crippen molar-refractivity contribution in [2.75, 3.05) is 0 Å². The summed E-state index contributed by atoms with van der Waals surface area (Å²) in [5.74, 6) is 0.185. The quantitative estimate of drug-likeness (QED) is 0.176. The Morgan fingerprint density at radius 3 is 1.88 bits per heavy atom. The molecule has 0 spiro atoms. The second-order valence-corrected chi connectivity index (χ2v) is 13.2. The fourth-order valence-corrected chi connectivity index (χ4v) is 6.56. The zero-order chi connectivity index (χ0) is 32.8. The zero-order valence-electron chi connectivity index (χ0n) is 27.5. The van der Waals surface area contributed by atoms with E-state index < -0.39 is 0 Å². The number of benzene rings is 5. The maximum atomic E-state index is 11.0. The minimum absolute atomic E-state index is 0. The van der Waals surface area contributed by atoms with E-state index in [-0.39, 0.29) is 32.2 Å². The molecule has 49 heavy (non-hydrogen) atoms. The van der Waals surface area contributed by atoms with Crippen LogP contribution in [0.3, 0.4) is 0 Å². The number of phenols is 1. The maximum Gasteiger partial charge on any atom is 0.124 e. The van der Waals surface area contributed by atoms with Gasteiger partial charge in [-0.3, -0.25) is 9.97 Å². The van der Waals surface area contributed by atoms with Crippen LogP contribution >= 0.6 is 0 Å². The van der Waals surface area contributed by atoms with Crippen molar-refractivity contribution in [1.82, 2.24) is 14.5 Å². The Labute approximate surface area is 301 Å². The fourth-order valence-electron chi connectivity index (χ4n) is 6.56. The maximum absolute atomic E-state index is 11.0. The van der Waals surface area contributed by atoms with Crippen LogP contribution < -0.4 is 0 Å². The molecule has 242 valence electrons. The number of pyridine rings is 2. The smallest absolute Gasteiger partial charge is 0.124 e. The number of phenolic OH excluding ortho intramolecular Hbond substituents is 1. The molecule has 1 N–H and O–H groups in total. The van der Waals surface area contributed by atoms with Crippen molar-refractivity contribution in [1.29, 1.82) is 0 Å². The second-order valence-electron chi connectivity index (χ2n) is 13.2. The molecule has 0 bridgehead atoms.